The van der Waals surface area contributed by atoms with Crippen LogP contribution < -0.4 is 0 Å². The summed E-state index contributed by atoms with van der Waals surface area (Å²) in [6, 6.07) is 0.458. The van der Waals surface area contributed by atoms with Crippen molar-refractivity contribution >= 4 is 0 Å². The predicted octanol–water partition coefficient (Wildman–Crippen LogP) is 1.27. The summed E-state index contributed by atoms with van der Waals surface area (Å²) in [6.07, 6.45) is 5.73. The van der Waals surface area contributed by atoms with Gasteiger partial charge in [0, 0.05) is 12.6 Å². The van der Waals surface area contributed by atoms with Crippen LogP contribution >= 0.6 is 0 Å². The first kappa shape index (κ1) is 9.22. The Kier molecular flexibility index (Phi) is 2.70. The van der Waals surface area contributed by atoms with Gasteiger partial charge in [0.2, 0.25) is 0 Å². The molecule has 3 saturated heterocycles. The van der Waals surface area contributed by atoms with Crippen molar-refractivity contribution in [3.05, 3.63) is 12.7 Å². The van der Waals surface area contributed by atoms with Crippen LogP contribution in [0.3, 0.4) is 0 Å². The van der Waals surface area contributed by atoms with E-state index in [-0.39, 0.29) is 0 Å². The molecule has 0 radical (unpaired) electrons. The second kappa shape index (κ2) is 3.81. The van der Waals surface area contributed by atoms with Gasteiger partial charge in [0.15, 0.2) is 0 Å². The molecule has 3 rings (SSSR count). The molecule has 2 nitrogen and oxygen atoms in total. The zero-order valence-electron chi connectivity index (χ0n) is 8.15. The Labute approximate surface area is 80.2 Å². The van der Waals surface area contributed by atoms with Gasteiger partial charge in [0.05, 0.1) is 6.61 Å². The summed E-state index contributed by atoms with van der Waals surface area (Å²) in [4.78, 5) is 2.45. The van der Waals surface area contributed by atoms with Crippen LogP contribution in [0.5, 0.6) is 0 Å². The molecule has 0 aromatic carbocycles. The van der Waals surface area contributed by atoms with Crippen LogP contribution in [0.15, 0.2) is 12.7 Å². The fourth-order valence-corrected chi connectivity index (χ4v) is 2.92. The molecule has 0 amide bonds. The number of hydrogen-bond acceptors (Lipinski definition) is 2. The van der Waals surface area contributed by atoms with Crippen molar-refractivity contribution in [1.29, 1.82) is 0 Å². The Hall–Kier alpha value is -0.340. The molecule has 3 aliphatic rings. The van der Waals surface area contributed by atoms with Gasteiger partial charge in [-0.2, -0.15) is 0 Å². The molecule has 3 fully saturated rings. The molecular formula is C11H19NO. The van der Waals surface area contributed by atoms with Gasteiger partial charge in [-0.25, -0.2) is 0 Å². The van der Waals surface area contributed by atoms with Crippen LogP contribution in [0.2, 0.25) is 0 Å². The molecule has 2 bridgehead atoms. The molecule has 0 aliphatic carbocycles. The smallest absolute Gasteiger partial charge is 0.0586 e. The van der Waals surface area contributed by atoms with Gasteiger partial charge in [0.1, 0.15) is 0 Å². The molecule has 3 heterocycles. The monoisotopic (exact) mass is 181 g/mol. The highest BCUT2D eigenvalue weighted by atomic mass is 16.3. The van der Waals surface area contributed by atoms with Crippen LogP contribution in [0.1, 0.15) is 19.3 Å². The van der Waals surface area contributed by atoms with Gasteiger partial charge in [-0.05, 0) is 37.6 Å². The fourth-order valence-electron chi connectivity index (χ4n) is 2.92. The van der Waals surface area contributed by atoms with E-state index in [9.17, 15) is 0 Å². The van der Waals surface area contributed by atoms with Crippen molar-refractivity contribution in [3.63, 3.8) is 0 Å². The maximum atomic E-state index is 9.17. The average molecular weight is 181 g/mol. The first-order valence-corrected chi connectivity index (χ1v) is 5.31. The number of rotatable bonds is 3. The van der Waals surface area contributed by atoms with Crippen molar-refractivity contribution in [2.75, 3.05) is 19.7 Å². The van der Waals surface area contributed by atoms with E-state index in [4.69, 9.17) is 5.11 Å². The molecule has 13 heavy (non-hydrogen) atoms. The maximum absolute atomic E-state index is 9.17. The van der Waals surface area contributed by atoms with Crippen LogP contribution in [-0.2, 0) is 0 Å². The lowest BCUT2D eigenvalue weighted by Crippen LogP contribution is -2.54. The predicted molar refractivity (Wildman–Crippen MR) is 53.5 cm³/mol. The first-order chi connectivity index (χ1) is 6.35. The minimum atomic E-state index is 0.345. The van der Waals surface area contributed by atoms with Crippen molar-refractivity contribution in [2.45, 2.75) is 25.3 Å². The number of piperidine rings is 3. The summed E-state index contributed by atoms with van der Waals surface area (Å²) in [5.41, 5.74) is 0. The van der Waals surface area contributed by atoms with Crippen molar-refractivity contribution in [3.8, 4) is 0 Å². The number of aliphatic hydroxyl groups excluding tert-OH is 1. The Balaban J connectivity index is 1.98. The van der Waals surface area contributed by atoms with E-state index >= 15 is 0 Å². The number of nitrogens with zero attached hydrogens (tertiary/aromatic N) is 1. The lowest BCUT2D eigenvalue weighted by molar-refractivity contribution is -0.0199. The normalized spacial score (nSPS) is 43.5. The van der Waals surface area contributed by atoms with E-state index in [1.54, 1.807) is 0 Å². The van der Waals surface area contributed by atoms with E-state index in [0.29, 0.717) is 12.6 Å². The van der Waals surface area contributed by atoms with Crippen molar-refractivity contribution in [1.82, 2.24) is 4.90 Å². The third-order valence-corrected chi connectivity index (χ3v) is 3.69. The molecule has 0 aromatic heterocycles. The average Bonchev–Trinajstić information content (AvgIpc) is 2.19. The number of hydrogen-bond donors (Lipinski definition) is 1. The SMILES string of the molecule is C=CC[C@H]1CN2CC[C@H]1C[C@H]2CO. The standard InChI is InChI=1S/C11H19NO/c1-2-3-10-7-12-5-4-9(10)6-11(12)8-13/h2,9-11,13H,1,3-8H2/t9-,10-,11-/m0/s1. The summed E-state index contributed by atoms with van der Waals surface area (Å²) in [5.74, 6) is 1.66. The molecule has 0 saturated carbocycles. The summed E-state index contributed by atoms with van der Waals surface area (Å²) >= 11 is 0. The third-order valence-electron chi connectivity index (χ3n) is 3.69. The summed E-state index contributed by atoms with van der Waals surface area (Å²) in [7, 11) is 0. The molecular weight excluding hydrogens is 162 g/mol. The highest BCUT2D eigenvalue weighted by Crippen LogP contribution is 2.37. The van der Waals surface area contributed by atoms with Gasteiger partial charge in [-0.1, -0.05) is 6.08 Å². The minimum Gasteiger partial charge on any atom is -0.395 e. The first-order valence-electron chi connectivity index (χ1n) is 5.31. The van der Waals surface area contributed by atoms with Gasteiger partial charge in [0.25, 0.3) is 0 Å². The molecule has 4 atom stereocenters. The summed E-state index contributed by atoms with van der Waals surface area (Å²) < 4.78 is 0. The zero-order valence-corrected chi connectivity index (χ0v) is 8.15. The number of aliphatic hydroxyl groups is 1. The molecule has 1 N–H and O–H groups in total. The Morgan fingerprint density at radius 3 is 2.92 bits per heavy atom. The molecule has 0 aromatic rings. The summed E-state index contributed by atoms with van der Waals surface area (Å²) in [6.45, 7) is 6.53. The third kappa shape index (κ3) is 1.65. The van der Waals surface area contributed by atoms with E-state index in [2.05, 4.69) is 11.5 Å². The fraction of sp³-hybridized carbons (Fsp3) is 0.818. The van der Waals surface area contributed by atoms with E-state index in [0.717, 1.165) is 18.3 Å². The van der Waals surface area contributed by atoms with Gasteiger partial charge in [-0.15, -0.1) is 6.58 Å². The van der Waals surface area contributed by atoms with Crippen LogP contribution in [0, 0.1) is 11.8 Å². The molecule has 2 heteroatoms. The van der Waals surface area contributed by atoms with Gasteiger partial charge < -0.3 is 5.11 Å². The second-order valence-corrected chi connectivity index (χ2v) is 4.40. The Morgan fingerprint density at radius 2 is 2.38 bits per heavy atom. The minimum absolute atomic E-state index is 0.345. The topological polar surface area (TPSA) is 23.5 Å². The highest BCUT2D eigenvalue weighted by Gasteiger charge is 2.38. The van der Waals surface area contributed by atoms with Crippen molar-refractivity contribution < 1.29 is 5.11 Å². The van der Waals surface area contributed by atoms with Gasteiger partial charge >= 0.3 is 0 Å². The van der Waals surface area contributed by atoms with Gasteiger partial charge in [-0.3, -0.25) is 4.90 Å². The summed E-state index contributed by atoms with van der Waals surface area (Å²) in [5, 5.41) is 9.17. The van der Waals surface area contributed by atoms with Crippen LogP contribution in [0.4, 0.5) is 0 Å². The molecule has 74 valence electrons. The van der Waals surface area contributed by atoms with Crippen LogP contribution in [-0.4, -0.2) is 35.7 Å². The quantitative estimate of drug-likeness (QED) is 0.663. The largest absolute Gasteiger partial charge is 0.395 e. The molecule has 1 unspecified atom stereocenters. The number of allylic oxidation sites excluding steroid dienone is 1. The second-order valence-electron chi connectivity index (χ2n) is 4.40. The number of fused-ring (bicyclic) bond motifs is 3. The lowest BCUT2D eigenvalue weighted by Gasteiger charge is -2.49. The van der Waals surface area contributed by atoms with E-state index < -0.39 is 0 Å². The lowest BCUT2D eigenvalue weighted by atomic mass is 9.74. The Morgan fingerprint density at radius 1 is 1.54 bits per heavy atom. The molecule has 0 spiro atoms. The highest BCUT2D eigenvalue weighted by molar-refractivity contribution is 4.94. The Bertz CT molecular complexity index is 193. The zero-order chi connectivity index (χ0) is 9.26. The maximum Gasteiger partial charge on any atom is 0.0586 e. The molecule has 3 aliphatic heterocycles. The van der Waals surface area contributed by atoms with E-state index in [1.165, 1.54) is 25.9 Å². The van der Waals surface area contributed by atoms with E-state index in [1.807, 2.05) is 6.08 Å². The van der Waals surface area contributed by atoms with Crippen LogP contribution in [0.25, 0.3) is 0 Å². The van der Waals surface area contributed by atoms with Crippen molar-refractivity contribution in [2.24, 2.45) is 11.8 Å².